The smallest absolute Gasteiger partial charge is 0.273 e. The molecule has 0 radical (unpaired) electrons. The number of thiazole rings is 1. The third-order valence-corrected chi connectivity index (χ3v) is 6.62. The molecule has 0 saturated carbocycles. The highest BCUT2D eigenvalue weighted by Gasteiger charge is 2.24. The van der Waals surface area contributed by atoms with Gasteiger partial charge < -0.3 is 14.4 Å². The summed E-state index contributed by atoms with van der Waals surface area (Å²) in [6.45, 7) is 4.96. The van der Waals surface area contributed by atoms with Crippen molar-refractivity contribution in [1.29, 1.82) is 0 Å². The molecule has 1 aliphatic rings. The Hall–Kier alpha value is -2.41. The van der Waals surface area contributed by atoms with E-state index >= 15 is 0 Å². The molecule has 1 amide bonds. The van der Waals surface area contributed by atoms with E-state index in [9.17, 15) is 4.79 Å². The molecular weight excluding hydrogens is 370 g/mol. The van der Waals surface area contributed by atoms with Crippen LogP contribution in [0.2, 0.25) is 0 Å². The molecule has 4 rings (SSSR count). The second kappa shape index (κ2) is 7.91. The van der Waals surface area contributed by atoms with E-state index in [-0.39, 0.29) is 5.91 Å². The zero-order valence-electron chi connectivity index (χ0n) is 16.8. The van der Waals surface area contributed by atoms with Crippen molar-refractivity contribution in [2.45, 2.75) is 26.2 Å². The van der Waals surface area contributed by atoms with E-state index in [4.69, 9.17) is 4.98 Å². The van der Waals surface area contributed by atoms with Gasteiger partial charge in [-0.2, -0.15) is 0 Å². The number of anilines is 1. The summed E-state index contributed by atoms with van der Waals surface area (Å²) in [5.41, 5.74) is 2.98. The van der Waals surface area contributed by atoms with Crippen LogP contribution in [0.25, 0.3) is 10.2 Å². The third kappa shape index (κ3) is 3.90. The Morgan fingerprint density at radius 1 is 1.32 bits per heavy atom. The Bertz CT molecular complexity index is 970. The molecule has 1 aliphatic heterocycles. The van der Waals surface area contributed by atoms with Crippen molar-refractivity contribution in [1.82, 2.24) is 19.4 Å². The SMILES string of the molecule is CCc1ccc2nc(N3CCC(CN(C)C(=O)c4cn(C)cn4)CC3)sc2c1. The average molecular weight is 398 g/mol. The topological polar surface area (TPSA) is 54.3 Å². The summed E-state index contributed by atoms with van der Waals surface area (Å²) in [6, 6.07) is 6.58. The molecule has 0 unspecified atom stereocenters. The lowest BCUT2D eigenvalue weighted by Crippen LogP contribution is -2.39. The van der Waals surface area contributed by atoms with Gasteiger partial charge in [-0.15, -0.1) is 0 Å². The molecule has 0 aliphatic carbocycles. The number of benzene rings is 1. The first-order valence-corrected chi connectivity index (χ1v) is 10.7. The Morgan fingerprint density at radius 2 is 2.11 bits per heavy atom. The number of carbonyl (C=O) groups is 1. The van der Waals surface area contributed by atoms with E-state index in [0.29, 0.717) is 11.6 Å². The van der Waals surface area contributed by atoms with Crippen LogP contribution in [-0.4, -0.2) is 52.0 Å². The van der Waals surface area contributed by atoms with Gasteiger partial charge in [0.25, 0.3) is 5.91 Å². The molecule has 1 fully saturated rings. The van der Waals surface area contributed by atoms with Crippen molar-refractivity contribution in [3.05, 3.63) is 42.0 Å². The zero-order valence-corrected chi connectivity index (χ0v) is 17.6. The van der Waals surface area contributed by atoms with Gasteiger partial charge >= 0.3 is 0 Å². The summed E-state index contributed by atoms with van der Waals surface area (Å²) in [5.74, 6) is 0.524. The van der Waals surface area contributed by atoms with Crippen molar-refractivity contribution in [3.63, 3.8) is 0 Å². The van der Waals surface area contributed by atoms with Gasteiger partial charge in [-0.05, 0) is 42.9 Å². The van der Waals surface area contributed by atoms with Crippen LogP contribution >= 0.6 is 11.3 Å². The normalized spacial score (nSPS) is 15.3. The van der Waals surface area contributed by atoms with Crippen LogP contribution in [0.3, 0.4) is 0 Å². The van der Waals surface area contributed by atoms with Crippen molar-refractivity contribution in [2.24, 2.45) is 13.0 Å². The van der Waals surface area contributed by atoms with Gasteiger partial charge in [0.2, 0.25) is 0 Å². The number of amides is 1. The van der Waals surface area contributed by atoms with Crippen LogP contribution < -0.4 is 4.90 Å². The second-order valence-corrected chi connectivity index (χ2v) is 8.70. The molecule has 148 valence electrons. The molecule has 3 aromatic rings. The van der Waals surface area contributed by atoms with Crippen molar-refractivity contribution in [2.75, 3.05) is 31.6 Å². The predicted octanol–water partition coefficient (Wildman–Crippen LogP) is 3.58. The molecular formula is C21H27N5OS. The van der Waals surface area contributed by atoms with E-state index in [0.717, 1.165) is 49.5 Å². The standard InChI is InChI=1S/C21H27N5OS/c1-4-15-5-6-17-19(11-15)28-21(23-17)26-9-7-16(8-10-26)12-25(3)20(27)18-13-24(2)14-22-18/h5-6,11,13-14,16H,4,7-10,12H2,1-3H3. The Morgan fingerprint density at radius 3 is 2.79 bits per heavy atom. The number of carbonyl (C=O) groups excluding carboxylic acids is 1. The van der Waals surface area contributed by atoms with Gasteiger partial charge in [0, 0.05) is 39.9 Å². The van der Waals surface area contributed by atoms with Crippen LogP contribution in [-0.2, 0) is 13.5 Å². The van der Waals surface area contributed by atoms with Gasteiger partial charge in [-0.25, -0.2) is 9.97 Å². The number of nitrogens with zero attached hydrogens (tertiary/aromatic N) is 5. The van der Waals surface area contributed by atoms with E-state index in [2.05, 4.69) is 35.0 Å². The largest absolute Gasteiger partial charge is 0.348 e. The quantitative estimate of drug-likeness (QED) is 0.660. The highest BCUT2D eigenvalue weighted by molar-refractivity contribution is 7.22. The number of hydrogen-bond donors (Lipinski definition) is 0. The summed E-state index contributed by atoms with van der Waals surface area (Å²) in [5, 5.41) is 1.12. The van der Waals surface area contributed by atoms with Gasteiger partial charge in [0.05, 0.1) is 16.5 Å². The molecule has 0 atom stereocenters. The van der Waals surface area contributed by atoms with Gasteiger partial charge in [-0.3, -0.25) is 4.79 Å². The number of aryl methyl sites for hydroxylation is 2. The summed E-state index contributed by atoms with van der Waals surface area (Å²) in [4.78, 5) is 25.7. The maximum Gasteiger partial charge on any atom is 0.273 e. The van der Waals surface area contributed by atoms with Gasteiger partial charge in [0.15, 0.2) is 5.13 Å². The first kappa shape index (κ1) is 18.9. The highest BCUT2D eigenvalue weighted by atomic mass is 32.1. The monoisotopic (exact) mass is 397 g/mol. The third-order valence-electron chi connectivity index (χ3n) is 5.54. The maximum absolute atomic E-state index is 12.5. The molecule has 1 aromatic carbocycles. The maximum atomic E-state index is 12.5. The van der Waals surface area contributed by atoms with Crippen molar-refractivity contribution in [3.8, 4) is 0 Å². The number of piperidine rings is 1. The van der Waals surface area contributed by atoms with Crippen LogP contribution in [0.5, 0.6) is 0 Å². The number of hydrogen-bond acceptors (Lipinski definition) is 5. The molecule has 0 spiro atoms. The Kier molecular flexibility index (Phi) is 5.35. The van der Waals surface area contributed by atoms with Crippen LogP contribution in [0, 0.1) is 5.92 Å². The van der Waals surface area contributed by atoms with E-state index in [1.807, 2.05) is 19.0 Å². The minimum Gasteiger partial charge on any atom is -0.348 e. The number of rotatable bonds is 5. The molecule has 28 heavy (non-hydrogen) atoms. The summed E-state index contributed by atoms with van der Waals surface area (Å²) in [7, 11) is 3.76. The fourth-order valence-electron chi connectivity index (χ4n) is 3.81. The minimum absolute atomic E-state index is 0.000862. The lowest BCUT2D eigenvalue weighted by molar-refractivity contribution is 0.0759. The number of imidazole rings is 1. The lowest BCUT2D eigenvalue weighted by atomic mass is 9.96. The summed E-state index contributed by atoms with van der Waals surface area (Å²) in [6.07, 6.45) is 6.66. The average Bonchev–Trinajstić information content (AvgIpc) is 3.33. The van der Waals surface area contributed by atoms with E-state index in [1.54, 1.807) is 28.4 Å². The Balaban J connectivity index is 1.35. The van der Waals surface area contributed by atoms with Crippen molar-refractivity contribution >= 4 is 32.6 Å². The molecule has 1 saturated heterocycles. The zero-order chi connectivity index (χ0) is 19.7. The van der Waals surface area contributed by atoms with E-state index in [1.165, 1.54) is 10.3 Å². The molecule has 6 nitrogen and oxygen atoms in total. The fourth-order valence-corrected chi connectivity index (χ4v) is 4.89. The fraction of sp³-hybridized carbons (Fsp3) is 0.476. The first-order chi connectivity index (χ1) is 13.5. The highest BCUT2D eigenvalue weighted by Crippen LogP contribution is 2.32. The number of aromatic nitrogens is 3. The predicted molar refractivity (Wildman–Crippen MR) is 114 cm³/mol. The van der Waals surface area contributed by atoms with E-state index < -0.39 is 0 Å². The molecule has 7 heteroatoms. The summed E-state index contributed by atoms with van der Waals surface area (Å²) < 4.78 is 3.08. The second-order valence-electron chi connectivity index (χ2n) is 7.69. The van der Waals surface area contributed by atoms with Crippen LogP contribution in [0.15, 0.2) is 30.7 Å². The van der Waals surface area contributed by atoms with Gasteiger partial charge in [-0.1, -0.05) is 24.3 Å². The van der Waals surface area contributed by atoms with Crippen molar-refractivity contribution < 1.29 is 4.79 Å². The Labute approximate surface area is 169 Å². The minimum atomic E-state index is 0.000862. The van der Waals surface area contributed by atoms with Gasteiger partial charge in [0.1, 0.15) is 5.69 Å². The van der Waals surface area contributed by atoms with Crippen LogP contribution in [0.1, 0.15) is 35.8 Å². The lowest BCUT2D eigenvalue weighted by Gasteiger charge is -2.33. The molecule has 3 heterocycles. The summed E-state index contributed by atoms with van der Waals surface area (Å²) >= 11 is 1.79. The molecule has 2 aromatic heterocycles. The molecule has 0 bridgehead atoms. The number of fused-ring (bicyclic) bond motifs is 1. The first-order valence-electron chi connectivity index (χ1n) is 9.91. The molecule has 0 N–H and O–H groups in total. The van der Waals surface area contributed by atoms with Crippen LogP contribution in [0.4, 0.5) is 5.13 Å².